The van der Waals surface area contributed by atoms with Gasteiger partial charge in [0.05, 0.1) is 13.1 Å². The molecule has 0 bridgehead atoms. The van der Waals surface area contributed by atoms with Crippen molar-refractivity contribution >= 4 is 34.8 Å². The zero-order valence-electron chi connectivity index (χ0n) is 14.6. The summed E-state index contributed by atoms with van der Waals surface area (Å²) in [7, 11) is 0. The molecule has 2 aromatic carbocycles. The number of hydrogen-bond acceptors (Lipinski definition) is 3. The first kappa shape index (κ1) is 18.8. The van der Waals surface area contributed by atoms with E-state index in [0.717, 1.165) is 22.4 Å². The summed E-state index contributed by atoms with van der Waals surface area (Å²) in [6.07, 6.45) is 0. The van der Waals surface area contributed by atoms with Crippen LogP contribution in [0.4, 0.5) is 11.4 Å². The minimum Gasteiger partial charge on any atom is -0.376 e. The summed E-state index contributed by atoms with van der Waals surface area (Å²) in [4.78, 5) is 23.9. The molecule has 3 N–H and O–H groups in total. The normalized spacial score (nSPS) is 10.2. The van der Waals surface area contributed by atoms with E-state index in [2.05, 4.69) is 16.0 Å². The number of halogens is 1. The molecule has 0 atom stereocenters. The van der Waals surface area contributed by atoms with Crippen LogP contribution >= 0.6 is 11.6 Å². The zero-order chi connectivity index (χ0) is 18.4. The Bertz CT molecular complexity index is 770. The van der Waals surface area contributed by atoms with E-state index in [1.807, 2.05) is 39.0 Å². The number of carbonyl (C=O) groups is 2. The van der Waals surface area contributed by atoms with Crippen LogP contribution in [-0.4, -0.2) is 24.9 Å². The molecule has 2 rings (SSSR count). The molecule has 2 amide bonds. The number of benzene rings is 2. The smallest absolute Gasteiger partial charge is 0.243 e. The Balaban J connectivity index is 1.81. The largest absolute Gasteiger partial charge is 0.376 e. The number of rotatable bonds is 6. The van der Waals surface area contributed by atoms with Crippen LogP contribution in [0.2, 0.25) is 5.02 Å². The highest BCUT2D eigenvalue weighted by Gasteiger charge is 2.09. The van der Waals surface area contributed by atoms with Crippen LogP contribution < -0.4 is 16.0 Å². The van der Waals surface area contributed by atoms with Gasteiger partial charge in [0.25, 0.3) is 0 Å². The predicted octanol–water partition coefficient (Wildman–Crippen LogP) is 3.43. The second-order valence-electron chi connectivity index (χ2n) is 5.86. The standard InChI is InChI=1S/C19H22ClN3O2/c1-12-6-4-7-13(2)19(12)22-10-17(24)21-11-18(25)23-16-9-5-8-15(20)14(16)3/h4-9,22H,10-11H2,1-3H3,(H,21,24)(H,23,25). The summed E-state index contributed by atoms with van der Waals surface area (Å²) in [6, 6.07) is 11.2. The van der Waals surface area contributed by atoms with Crippen LogP contribution in [0.15, 0.2) is 36.4 Å². The summed E-state index contributed by atoms with van der Waals surface area (Å²) in [5.74, 6) is -0.550. The van der Waals surface area contributed by atoms with E-state index >= 15 is 0 Å². The summed E-state index contributed by atoms with van der Waals surface area (Å²) < 4.78 is 0. The van der Waals surface area contributed by atoms with Crippen molar-refractivity contribution in [2.45, 2.75) is 20.8 Å². The highest BCUT2D eigenvalue weighted by molar-refractivity contribution is 6.31. The second-order valence-corrected chi connectivity index (χ2v) is 6.26. The molecule has 25 heavy (non-hydrogen) atoms. The Labute approximate surface area is 152 Å². The molecule has 0 aliphatic rings. The van der Waals surface area contributed by atoms with Gasteiger partial charge < -0.3 is 16.0 Å². The lowest BCUT2D eigenvalue weighted by Crippen LogP contribution is -2.36. The van der Waals surface area contributed by atoms with Crippen LogP contribution in [0, 0.1) is 20.8 Å². The number of para-hydroxylation sites is 1. The van der Waals surface area contributed by atoms with Crippen molar-refractivity contribution in [3.8, 4) is 0 Å². The second kappa shape index (κ2) is 8.53. The lowest BCUT2D eigenvalue weighted by atomic mass is 10.1. The van der Waals surface area contributed by atoms with Gasteiger partial charge in [0.15, 0.2) is 0 Å². The maximum atomic E-state index is 12.0. The minimum atomic E-state index is -0.300. The van der Waals surface area contributed by atoms with E-state index in [-0.39, 0.29) is 24.9 Å². The summed E-state index contributed by atoms with van der Waals surface area (Å²) in [6.45, 7) is 5.79. The van der Waals surface area contributed by atoms with E-state index in [9.17, 15) is 9.59 Å². The summed E-state index contributed by atoms with van der Waals surface area (Å²) in [5, 5.41) is 9.03. The molecule has 0 radical (unpaired) electrons. The maximum Gasteiger partial charge on any atom is 0.243 e. The average molecular weight is 360 g/mol. The first-order valence-corrected chi connectivity index (χ1v) is 8.38. The van der Waals surface area contributed by atoms with E-state index in [0.29, 0.717) is 10.7 Å². The third-order valence-corrected chi connectivity index (χ3v) is 4.30. The topological polar surface area (TPSA) is 70.2 Å². The van der Waals surface area contributed by atoms with Gasteiger partial charge in [0.2, 0.25) is 11.8 Å². The summed E-state index contributed by atoms with van der Waals surface area (Å²) >= 11 is 6.02. The molecule has 0 saturated carbocycles. The molecule has 6 heteroatoms. The van der Waals surface area contributed by atoms with E-state index in [1.54, 1.807) is 18.2 Å². The number of amides is 2. The Kier molecular flexibility index (Phi) is 6.42. The molecule has 2 aromatic rings. The molecule has 0 saturated heterocycles. The molecule has 132 valence electrons. The Morgan fingerprint density at radius 1 is 0.920 bits per heavy atom. The fourth-order valence-corrected chi connectivity index (χ4v) is 2.62. The van der Waals surface area contributed by atoms with Gasteiger partial charge in [-0.2, -0.15) is 0 Å². The van der Waals surface area contributed by atoms with Gasteiger partial charge in [-0.15, -0.1) is 0 Å². The van der Waals surface area contributed by atoms with Crippen LogP contribution in [0.1, 0.15) is 16.7 Å². The van der Waals surface area contributed by atoms with Crippen molar-refractivity contribution in [2.75, 3.05) is 23.7 Å². The lowest BCUT2D eigenvalue weighted by molar-refractivity contribution is -0.122. The van der Waals surface area contributed by atoms with Gasteiger partial charge >= 0.3 is 0 Å². The van der Waals surface area contributed by atoms with Crippen LogP contribution in [0.5, 0.6) is 0 Å². The van der Waals surface area contributed by atoms with Crippen molar-refractivity contribution < 1.29 is 9.59 Å². The average Bonchev–Trinajstić information content (AvgIpc) is 2.57. The van der Waals surface area contributed by atoms with Gasteiger partial charge in [-0.1, -0.05) is 35.9 Å². The quantitative estimate of drug-likeness (QED) is 0.740. The number of hydrogen-bond donors (Lipinski definition) is 3. The van der Waals surface area contributed by atoms with Gasteiger partial charge in [0.1, 0.15) is 0 Å². The van der Waals surface area contributed by atoms with Crippen molar-refractivity contribution in [1.82, 2.24) is 5.32 Å². The highest BCUT2D eigenvalue weighted by Crippen LogP contribution is 2.22. The van der Waals surface area contributed by atoms with Gasteiger partial charge in [-0.3, -0.25) is 9.59 Å². The monoisotopic (exact) mass is 359 g/mol. The fraction of sp³-hybridized carbons (Fsp3) is 0.263. The number of anilines is 2. The lowest BCUT2D eigenvalue weighted by Gasteiger charge is -2.13. The highest BCUT2D eigenvalue weighted by atomic mass is 35.5. The van der Waals surface area contributed by atoms with E-state index in [4.69, 9.17) is 11.6 Å². The molecule has 0 spiro atoms. The number of carbonyl (C=O) groups excluding carboxylic acids is 2. The fourth-order valence-electron chi connectivity index (χ4n) is 2.44. The molecular weight excluding hydrogens is 338 g/mol. The van der Waals surface area contributed by atoms with Crippen molar-refractivity contribution in [1.29, 1.82) is 0 Å². The van der Waals surface area contributed by atoms with E-state index < -0.39 is 0 Å². The zero-order valence-corrected chi connectivity index (χ0v) is 15.3. The van der Waals surface area contributed by atoms with Gasteiger partial charge in [-0.05, 0) is 49.6 Å². The van der Waals surface area contributed by atoms with Crippen molar-refractivity contribution in [2.24, 2.45) is 0 Å². The van der Waals surface area contributed by atoms with Gasteiger partial charge in [0, 0.05) is 16.4 Å². The molecule has 5 nitrogen and oxygen atoms in total. The predicted molar refractivity (Wildman–Crippen MR) is 102 cm³/mol. The molecular formula is C19H22ClN3O2. The third-order valence-electron chi connectivity index (χ3n) is 3.89. The van der Waals surface area contributed by atoms with Crippen LogP contribution in [-0.2, 0) is 9.59 Å². The Morgan fingerprint density at radius 3 is 2.24 bits per heavy atom. The van der Waals surface area contributed by atoms with Crippen LogP contribution in [0.3, 0.4) is 0 Å². The number of nitrogens with one attached hydrogen (secondary N) is 3. The molecule has 0 fully saturated rings. The molecule has 0 aromatic heterocycles. The SMILES string of the molecule is Cc1cccc(C)c1NCC(=O)NCC(=O)Nc1cccc(Cl)c1C. The Morgan fingerprint density at radius 2 is 1.56 bits per heavy atom. The first-order valence-electron chi connectivity index (χ1n) is 8.00. The molecule has 0 aliphatic heterocycles. The van der Waals surface area contributed by atoms with Crippen molar-refractivity contribution in [3.05, 3.63) is 58.1 Å². The van der Waals surface area contributed by atoms with Gasteiger partial charge in [-0.25, -0.2) is 0 Å². The summed E-state index contributed by atoms with van der Waals surface area (Å²) in [5.41, 5.74) is 4.52. The van der Waals surface area contributed by atoms with Crippen molar-refractivity contribution in [3.63, 3.8) is 0 Å². The third kappa shape index (κ3) is 5.22. The molecule has 0 heterocycles. The van der Waals surface area contributed by atoms with E-state index in [1.165, 1.54) is 0 Å². The maximum absolute atomic E-state index is 12.0. The number of aryl methyl sites for hydroxylation is 2. The molecule has 0 aliphatic carbocycles. The molecule has 0 unspecified atom stereocenters. The van der Waals surface area contributed by atoms with Crippen LogP contribution in [0.25, 0.3) is 0 Å². The first-order chi connectivity index (χ1) is 11.9. The minimum absolute atomic E-state index is 0.0980. The Hall–Kier alpha value is -2.53.